The number of nitrogens with zero attached hydrogens (tertiary/aromatic N) is 1. The van der Waals surface area contributed by atoms with Crippen LogP contribution in [0.1, 0.15) is 29.3 Å². The number of ether oxygens (including phenoxy) is 1. The Hall–Kier alpha value is -3.79. The van der Waals surface area contributed by atoms with Crippen LogP contribution in [0.3, 0.4) is 0 Å². The van der Waals surface area contributed by atoms with Crippen LogP contribution in [0.2, 0.25) is 0 Å². The average Bonchev–Trinajstić information content (AvgIpc) is 3.06. The van der Waals surface area contributed by atoms with Crippen LogP contribution in [0, 0.1) is 0 Å². The quantitative estimate of drug-likeness (QED) is 0.478. The summed E-state index contributed by atoms with van der Waals surface area (Å²) in [6.07, 6.45) is 0.947. The number of benzene rings is 2. The predicted octanol–water partition coefficient (Wildman–Crippen LogP) is 3.22. The number of carboxylic acids is 2. The van der Waals surface area contributed by atoms with Crippen molar-refractivity contribution in [3.05, 3.63) is 58.5 Å². The van der Waals surface area contributed by atoms with Gasteiger partial charge in [-0.1, -0.05) is 19.1 Å². The van der Waals surface area contributed by atoms with Gasteiger partial charge in [0.2, 0.25) is 0 Å². The van der Waals surface area contributed by atoms with Gasteiger partial charge in [-0.25, -0.2) is 14.6 Å². The third-order valence-electron chi connectivity index (χ3n) is 4.17. The van der Waals surface area contributed by atoms with Crippen LogP contribution in [0.5, 0.6) is 11.5 Å². The van der Waals surface area contributed by atoms with Crippen LogP contribution in [-0.2, 0) is 9.59 Å². The molecule has 1 fully saturated rings. The van der Waals surface area contributed by atoms with Gasteiger partial charge >= 0.3 is 11.9 Å². The van der Waals surface area contributed by atoms with Crippen molar-refractivity contribution in [3.63, 3.8) is 0 Å². The summed E-state index contributed by atoms with van der Waals surface area (Å²) in [6.45, 7) is 1.71. The molecule has 10 heteroatoms. The number of nitrogens with one attached hydrogen (secondary N) is 1. The predicted molar refractivity (Wildman–Crippen MR) is 115 cm³/mol. The normalized spacial score (nSPS) is 16.9. The van der Waals surface area contributed by atoms with Crippen LogP contribution in [0.4, 0.5) is 5.69 Å². The number of carbonyl (C=O) groups is 3. The first-order valence-corrected chi connectivity index (χ1v) is 9.94. The van der Waals surface area contributed by atoms with Gasteiger partial charge in [-0.3, -0.25) is 4.79 Å². The molecule has 1 aliphatic heterocycles. The second-order valence-electron chi connectivity index (χ2n) is 6.41. The van der Waals surface area contributed by atoms with Crippen molar-refractivity contribution in [1.82, 2.24) is 5.32 Å². The molecule has 0 aromatic heterocycles. The lowest BCUT2D eigenvalue weighted by molar-refractivity contribution is -0.145. The number of aromatic carboxylic acids is 1. The highest BCUT2D eigenvalue weighted by Crippen LogP contribution is 2.30. The minimum atomic E-state index is -1.29. The van der Waals surface area contributed by atoms with Crippen LogP contribution < -0.4 is 10.1 Å². The third-order valence-corrected chi connectivity index (χ3v) is 5.08. The molecule has 1 atom stereocenters. The Bertz CT molecular complexity index is 1110. The molecule has 31 heavy (non-hydrogen) atoms. The number of carbonyl (C=O) groups excluding carboxylic acids is 1. The highest BCUT2D eigenvalue weighted by molar-refractivity contribution is 8.18. The number of rotatable bonds is 7. The summed E-state index contributed by atoms with van der Waals surface area (Å²) < 4.78 is 5.47. The summed E-state index contributed by atoms with van der Waals surface area (Å²) in [5.74, 6) is -2.75. The maximum atomic E-state index is 12.3. The van der Waals surface area contributed by atoms with Gasteiger partial charge in [0.15, 0.2) is 11.3 Å². The summed E-state index contributed by atoms with van der Waals surface area (Å²) in [6, 6.07) is 10.5. The van der Waals surface area contributed by atoms with E-state index in [2.05, 4.69) is 10.3 Å². The van der Waals surface area contributed by atoms with Crippen molar-refractivity contribution in [2.24, 2.45) is 4.99 Å². The zero-order valence-electron chi connectivity index (χ0n) is 16.2. The van der Waals surface area contributed by atoms with E-state index >= 15 is 0 Å². The fraction of sp³-hybridized carbons (Fsp3) is 0.143. The van der Waals surface area contributed by atoms with Crippen LogP contribution in [0.25, 0.3) is 6.08 Å². The Balaban J connectivity index is 1.80. The maximum absolute atomic E-state index is 12.3. The van der Waals surface area contributed by atoms with Crippen LogP contribution in [-0.4, -0.2) is 44.4 Å². The lowest BCUT2D eigenvalue weighted by Crippen LogP contribution is -2.25. The summed E-state index contributed by atoms with van der Waals surface area (Å²) >= 11 is 1.06. The number of hydrogen-bond acceptors (Lipinski definition) is 7. The molecule has 0 bridgehead atoms. The largest absolute Gasteiger partial charge is 0.507 e. The second-order valence-corrected chi connectivity index (χ2v) is 7.44. The van der Waals surface area contributed by atoms with Gasteiger partial charge in [-0.15, -0.1) is 0 Å². The fourth-order valence-electron chi connectivity index (χ4n) is 2.66. The summed E-state index contributed by atoms with van der Waals surface area (Å²) in [5.41, 5.74) is 0.596. The van der Waals surface area contributed by atoms with Gasteiger partial charge in [-0.2, -0.15) is 0 Å². The average molecular weight is 442 g/mol. The highest BCUT2D eigenvalue weighted by atomic mass is 32.2. The third kappa shape index (κ3) is 5.43. The van der Waals surface area contributed by atoms with Gasteiger partial charge in [0.05, 0.1) is 10.6 Å². The van der Waals surface area contributed by atoms with Gasteiger partial charge < -0.3 is 25.4 Å². The molecule has 1 unspecified atom stereocenters. The topological polar surface area (TPSA) is 146 Å². The zero-order valence-corrected chi connectivity index (χ0v) is 17.0. The molecule has 160 valence electrons. The number of aliphatic imine (C=N–C) groups is 1. The van der Waals surface area contributed by atoms with E-state index in [1.54, 1.807) is 37.3 Å². The molecular weight excluding hydrogens is 424 g/mol. The molecule has 0 aliphatic carbocycles. The molecule has 2 aromatic carbocycles. The minimum absolute atomic E-state index is 0.252. The molecule has 1 amide bonds. The molecule has 9 nitrogen and oxygen atoms in total. The Morgan fingerprint density at radius 2 is 2.00 bits per heavy atom. The maximum Gasteiger partial charge on any atom is 0.344 e. The number of aliphatic carboxylic acids is 1. The number of amides is 1. The molecule has 0 saturated carbocycles. The Morgan fingerprint density at radius 1 is 1.23 bits per heavy atom. The first-order chi connectivity index (χ1) is 14.8. The van der Waals surface area contributed by atoms with Crippen molar-refractivity contribution in [3.8, 4) is 11.5 Å². The fourth-order valence-corrected chi connectivity index (χ4v) is 3.51. The number of carboxylic acid groups (broad SMARTS) is 2. The van der Waals surface area contributed by atoms with Crippen molar-refractivity contribution in [2.45, 2.75) is 19.4 Å². The Kier molecular flexibility index (Phi) is 6.61. The molecule has 1 heterocycles. The van der Waals surface area contributed by atoms with E-state index in [9.17, 15) is 19.5 Å². The number of thioether (sulfide) groups is 1. The monoisotopic (exact) mass is 442 g/mol. The minimum Gasteiger partial charge on any atom is -0.507 e. The molecule has 0 radical (unpaired) electrons. The van der Waals surface area contributed by atoms with Crippen LogP contribution in [0.15, 0.2) is 52.4 Å². The molecule has 1 aliphatic rings. The van der Waals surface area contributed by atoms with E-state index < -0.39 is 18.0 Å². The first kappa shape index (κ1) is 21.9. The number of hydrogen-bond donors (Lipinski definition) is 4. The van der Waals surface area contributed by atoms with Crippen LogP contribution >= 0.6 is 11.8 Å². The van der Waals surface area contributed by atoms with E-state index in [0.717, 1.165) is 11.8 Å². The van der Waals surface area contributed by atoms with E-state index in [1.165, 1.54) is 18.2 Å². The number of aromatic hydroxyl groups is 1. The standard InChI is InChI=1S/C21H18N2O7S/c1-2-16(20(28)29)30-13-5-3-4-11(8-13)9-17-18(25)23-21(31-17)22-12-6-7-15(24)14(10-12)19(26)27/h3-10,16,24H,2H2,1H3,(H,26,27)(H,28,29)(H,22,23,25)/b17-9-. The zero-order chi connectivity index (χ0) is 22.5. The summed E-state index contributed by atoms with van der Waals surface area (Å²) in [4.78, 5) is 39.1. The van der Waals surface area contributed by atoms with E-state index in [0.29, 0.717) is 22.6 Å². The summed E-state index contributed by atoms with van der Waals surface area (Å²) in [7, 11) is 0. The first-order valence-electron chi connectivity index (χ1n) is 9.12. The van der Waals surface area contributed by atoms with Gasteiger partial charge in [0, 0.05) is 0 Å². The SMILES string of the molecule is CCC(Oc1cccc(/C=C2\SC(=Nc3ccc(O)c(C(=O)O)c3)NC2=O)c1)C(=O)O. The van der Waals surface area contributed by atoms with Gasteiger partial charge in [0.1, 0.15) is 17.1 Å². The number of phenols is 1. The smallest absolute Gasteiger partial charge is 0.344 e. The number of amidine groups is 1. The highest BCUT2D eigenvalue weighted by Gasteiger charge is 2.24. The molecule has 2 aromatic rings. The van der Waals surface area contributed by atoms with E-state index in [1.807, 2.05) is 0 Å². The van der Waals surface area contributed by atoms with Crippen molar-refractivity contribution in [1.29, 1.82) is 0 Å². The lowest BCUT2D eigenvalue weighted by Gasteiger charge is -2.13. The van der Waals surface area contributed by atoms with E-state index in [4.69, 9.17) is 14.9 Å². The van der Waals surface area contributed by atoms with Gasteiger partial charge in [0.25, 0.3) is 5.91 Å². The van der Waals surface area contributed by atoms with Crippen molar-refractivity contribution < 1.29 is 34.4 Å². The van der Waals surface area contributed by atoms with Crippen molar-refractivity contribution in [2.75, 3.05) is 0 Å². The Morgan fingerprint density at radius 3 is 2.68 bits per heavy atom. The second kappa shape index (κ2) is 9.35. The molecular formula is C21H18N2O7S. The molecule has 1 saturated heterocycles. The van der Waals surface area contributed by atoms with Crippen molar-refractivity contribution >= 4 is 46.5 Å². The molecule has 4 N–H and O–H groups in total. The lowest BCUT2D eigenvalue weighted by atomic mass is 10.2. The molecule has 3 rings (SSSR count). The molecule has 0 spiro atoms. The van der Waals surface area contributed by atoms with E-state index in [-0.39, 0.29) is 28.1 Å². The summed E-state index contributed by atoms with van der Waals surface area (Å²) in [5, 5.41) is 30.6. The van der Waals surface area contributed by atoms with Gasteiger partial charge in [-0.05, 0) is 60.2 Å². The Labute approximate surface area is 181 Å².